The molecule has 4 heterocycles. The van der Waals surface area contributed by atoms with Gasteiger partial charge in [0.1, 0.15) is 11.2 Å². The Labute approximate surface area is 299 Å². The number of thiophene rings is 2. The molecule has 0 saturated heterocycles. The minimum absolute atomic E-state index is 0.605. The molecule has 0 fully saturated rings. The van der Waals surface area contributed by atoms with Gasteiger partial charge in [0.2, 0.25) is 0 Å². The molecule has 0 radical (unpaired) electrons. The van der Waals surface area contributed by atoms with Crippen LogP contribution in [0.4, 0.5) is 0 Å². The quantitative estimate of drug-likeness (QED) is 0.185. The van der Waals surface area contributed by atoms with Gasteiger partial charge in [0.25, 0.3) is 0 Å². The van der Waals surface area contributed by atoms with Crippen LogP contribution in [0.2, 0.25) is 0 Å². The molecule has 238 valence electrons. The average molecular weight is 688 g/mol. The van der Waals surface area contributed by atoms with Gasteiger partial charge in [-0.15, -0.1) is 22.7 Å². The van der Waals surface area contributed by atoms with Crippen LogP contribution < -0.4 is 0 Å². The summed E-state index contributed by atoms with van der Waals surface area (Å²) in [6.07, 6.45) is 0. The summed E-state index contributed by atoms with van der Waals surface area (Å²) in [5.74, 6) is 1.88. The topological polar surface area (TPSA) is 51.8 Å². The summed E-state index contributed by atoms with van der Waals surface area (Å²) in [5, 5.41) is 7.20. The summed E-state index contributed by atoms with van der Waals surface area (Å²) in [7, 11) is 0. The minimum Gasteiger partial charge on any atom is -0.456 e. The number of aromatic nitrogens is 3. The van der Waals surface area contributed by atoms with E-state index in [1.165, 1.54) is 51.5 Å². The molecule has 0 atom stereocenters. The Morgan fingerprint density at radius 2 is 0.961 bits per heavy atom. The predicted molar refractivity (Wildman–Crippen MR) is 215 cm³/mol. The SMILES string of the molecule is c1ccc(-c2nc(-c3ccc4c(c3)oc3ccc(-c5cccc6sc7ccccc7c56)cc34)nc(-c3ccc4sc5ccccc5c4c3)n2)cc1. The first-order valence-electron chi connectivity index (χ1n) is 16.8. The number of hydrogen-bond donors (Lipinski definition) is 0. The highest BCUT2D eigenvalue weighted by Gasteiger charge is 2.17. The van der Waals surface area contributed by atoms with E-state index < -0.39 is 0 Å². The number of benzene rings is 7. The monoisotopic (exact) mass is 687 g/mol. The molecular weight excluding hydrogens is 663 g/mol. The van der Waals surface area contributed by atoms with Crippen molar-refractivity contribution in [1.82, 2.24) is 15.0 Å². The zero-order chi connectivity index (χ0) is 33.5. The Bertz CT molecular complexity index is 3160. The molecule has 11 rings (SSSR count). The Kier molecular flexibility index (Phi) is 6.26. The summed E-state index contributed by atoms with van der Waals surface area (Å²) < 4.78 is 11.6. The molecule has 0 spiro atoms. The second-order valence-electron chi connectivity index (χ2n) is 12.8. The lowest BCUT2D eigenvalue weighted by Crippen LogP contribution is -2.00. The number of rotatable bonds is 4. The number of nitrogens with zero attached hydrogens (tertiary/aromatic N) is 3. The number of hydrogen-bond acceptors (Lipinski definition) is 6. The van der Waals surface area contributed by atoms with Crippen molar-refractivity contribution in [3.05, 3.63) is 152 Å². The van der Waals surface area contributed by atoms with E-state index in [4.69, 9.17) is 19.4 Å². The fourth-order valence-electron chi connectivity index (χ4n) is 7.31. The first-order valence-corrected chi connectivity index (χ1v) is 18.5. The maximum Gasteiger partial charge on any atom is 0.164 e. The van der Waals surface area contributed by atoms with Crippen LogP contribution in [0.1, 0.15) is 0 Å². The summed E-state index contributed by atoms with van der Waals surface area (Å²) in [6.45, 7) is 0. The van der Waals surface area contributed by atoms with Gasteiger partial charge >= 0.3 is 0 Å². The Hall–Kier alpha value is -6.21. The molecule has 4 aromatic heterocycles. The van der Waals surface area contributed by atoms with Crippen LogP contribution in [0.15, 0.2) is 156 Å². The van der Waals surface area contributed by atoms with Crippen molar-refractivity contribution in [2.24, 2.45) is 0 Å². The van der Waals surface area contributed by atoms with E-state index in [-0.39, 0.29) is 0 Å². The fraction of sp³-hybridized carbons (Fsp3) is 0. The first-order chi connectivity index (χ1) is 25.2. The van der Waals surface area contributed by atoms with Crippen molar-refractivity contribution in [3.63, 3.8) is 0 Å². The van der Waals surface area contributed by atoms with Gasteiger partial charge in [-0.1, -0.05) is 91.0 Å². The highest BCUT2D eigenvalue weighted by Crippen LogP contribution is 2.42. The number of fused-ring (bicyclic) bond motifs is 9. The van der Waals surface area contributed by atoms with E-state index in [1.807, 2.05) is 41.7 Å². The third-order valence-corrected chi connectivity index (χ3v) is 12.0. The fourth-order valence-corrected chi connectivity index (χ4v) is 9.53. The summed E-state index contributed by atoms with van der Waals surface area (Å²) in [4.78, 5) is 15.1. The minimum atomic E-state index is 0.605. The molecule has 0 aliphatic carbocycles. The van der Waals surface area contributed by atoms with Crippen molar-refractivity contribution >= 4 is 85.0 Å². The second kappa shape index (κ2) is 11.2. The first kappa shape index (κ1) is 28.6. The molecule has 0 aliphatic rings. The highest BCUT2D eigenvalue weighted by atomic mass is 32.1. The van der Waals surface area contributed by atoms with E-state index in [1.54, 1.807) is 11.3 Å². The molecule has 0 unspecified atom stereocenters. The number of furan rings is 1. The molecule has 11 aromatic rings. The van der Waals surface area contributed by atoms with Gasteiger partial charge in [-0.3, -0.25) is 0 Å². The molecule has 0 aliphatic heterocycles. The summed E-state index contributed by atoms with van der Waals surface area (Å²) in [6, 6.07) is 53.2. The molecule has 0 saturated carbocycles. The Morgan fingerprint density at radius 1 is 0.353 bits per heavy atom. The normalized spacial score (nSPS) is 11.9. The van der Waals surface area contributed by atoms with Crippen LogP contribution in [-0.2, 0) is 0 Å². The van der Waals surface area contributed by atoms with Crippen molar-refractivity contribution in [3.8, 4) is 45.3 Å². The standard InChI is InChI=1S/C45H25N3OS2/c1-2-9-26(10-3-1)43-46-44(28-19-22-40-35(24-28)32-11-4-6-14-38(32)50-40)48-45(47-43)29-17-20-31-34-23-27(18-21-36(34)49-37(31)25-29)30-13-8-16-41-42(30)33-12-5-7-15-39(33)51-41/h1-25H. The molecule has 6 heteroatoms. The summed E-state index contributed by atoms with van der Waals surface area (Å²) >= 11 is 3.65. The van der Waals surface area contributed by atoms with Gasteiger partial charge in [0, 0.05) is 67.8 Å². The second-order valence-corrected chi connectivity index (χ2v) is 14.9. The Balaban J connectivity index is 1.05. The van der Waals surface area contributed by atoms with Gasteiger partial charge in [-0.05, 0) is 71.8 Å². The van der Waals surface area contributed by atoms with Gasteiger partial charge in [0.15, 0.2) is 17.5 Å². The molecule has 4 nitrogen and oxygen atoms in total. The van der Waals surface area contributed by atoms with Crippen LogP contribution in [0.5, 0.6) is 0 Å². The molecule has 0 N–H and O–H groups in total. The van der Waals surface area contributed by atoms with Crippen molar-refractivity contribution in [2.75, 3.05) is 0 Å². The lowest BCUT2D eigenvalue weighted by atomic mass is 9.98. The Morgan fingerprint density at radius 3 is 1.80 bits per heavy atom. The lowest BCUT2D eigenvalue weighted by Gasteiger charge is -2.09. The molecule has 7 aromatic carbocycles. The smallest absolute Gasteiger partial charge is 0.164 e. The zero-order valence-electron chi connectivity index (χ0n) is 27.0. The van der Waals surface area contributed by atoms with E-state index >= 15 is 0 Å². The van der Waals surface area contributed by atoms with Crippen LogP contribution in [-0.4, -0.2) is 15.0 Å². The van der Waals surface area contributed by atoms with E-state index in [0.717, 1.165) is 38.6 Å². The highest BCUT2D eigenvalue weighted by molar-refractivity contribution is 7.26. The third kappa shape index (κ3) is 4.61. The molecular formula is C45H25N3OS2. The van der Waals surface area contributed by atoms with Gasteiger partial charge in [-0.2, -0.15) is 0 Å². The molecule has 51 heavy (non-hydrogen) atoms. The van der Waals surface area contributed by atoms with E-state index in [2.05, 4.69) is 121 Å². The predicted octanol–water partition coefficient (Wildman–Crippen LogP) is 13.2. The van der Waals surface area contributed by atoms with Crippen LogP contribution in [0, 0.1) is 0 Å². The van der Waals surface area contributed by atoms with Gasteiger partial charge in [-0.25, -0.2) is 15.0 Å². The maximum atomic E-state index is 6.49. The van der Waals surface area contributed by atoms with Crippen LogP contribution in [0.25, 0.3) is 108 Å². The third-order valence-electron chi connectivity index (χ3n) is 9.75. The van der Waals surface area contributed by atoms with Crippen molar-refractivity contribution in [1.29, 1.82) is 0 Å². The van der Waals surface area contributed by atoms with E-state index in [0.29, 0.717) is 17.5 Å². The van der Waals surface area contributed by atoms with Crippen LogP contribution >= 0.6 is 22.7 Å². The maximum absolute atomic E-state index is 6.49. The van der Waals surface area contributed by atoms with Crippen molar-refractivity contribution in [2.45, 2.75) is 0 Å². The van der Waals surface area contributed by atoms with E-state index in [9.17, 15) is 0 Å². The zero-order valence-corrected chi connectivity index (χ0v) is 28.6. The van der Waals surface area contributed by atoms with Crippen LogP contribution in [0.3, 0.4) is 0 Å². The van der Waals surface area contributed by atoms with Gasteiger partial charge in [0.05, 0.1) is 0 Å². The lowest BCUT2D eigenvalue weighted by molar-refractivity contribution is 0.669. The summed E-state index contributed by atoms with van der Waals surface area (Å²) in [5.41, 5.74) is 6.83. The average Bonchev–Trinajstić information content (AvgIpc) is 3.88. The van der Waals surface area contributed by atoms with Crippen molar-refractivity contribution < 1.29 is 4.42 Å². The van der Waals surface area contributed by atoms with Gasteiger partial charge < -0.3 is 4.42 Å². The molecule has 0 bridgehead atoms. The largest absolute Gasteiger partial charge is 0.456 e. The molecule has 0 amide bonds.